The van der Waals surface area contributed by atoms with Crippen LogP contribution in [0.1, 0.15) is 40.0 Å². The smallest absolute Gasteiger partial charge is 0.0249 e. The SMILES string of the molecule is CCN(C(C)C)C1CCCC1N. The number of nitrogens with two attached hydrogens (primary N) is 1. The van der Waals surface area contributed by atoms with E-state index in [4.69, 9.17) is 5.73 Å². The first kappa shape index (κ1) is 10.0. The summed E-state index contributed by atoms with van der Waals surface area (Å²) in [5.41, 5.74) is 6.05. The molecular formula is C10H22N2. The minimum Gasteiger partial charge on any atom is -0.326 e. The van der Waals surface area contributed by atoms with E-state index in [1.54, 1.807) is 0 Å². The van der Waals surface area contributed by atoms with Gasteiger partial charge in [-0.3, -0.25) is 4.90 Å². The summed E-state index contributed by atoms with van der Waals surface area (Å²) in [6.07, 6.45) is 3.83. The quantitative estimate of drug-likeness (QED) is 0.697. The molecule has 0 heterocycles. The fraction of sp³-hybridized carbons (Fsp3) is 1.00. The molecule has 12 heavy (non-hydrogen) atoms. The summed E-state index contributed by atoms with van der Waals surface area (Å²) >= 11 is 0. The molecule has 0 aromatic carbocycles. The van der Waals surface area contributed by atoms with Crippen LogP contribution in [0.25, 0.3) is 0 Å². The van der Waals surface area contributed by atoms with Crippen LogP contribution in [0, 0.1) is 0 Å². The van der Waals surface area contributed by atoms with Gasteiger partial charge in [0.05, 0.1) is 0 Å². The van der Waals surface area contributed by atoms with Gasteiger partial charge in [-0.15, -0.1) is 0 Å². The highest BCUT2D eigenvalue weighted by molar-refractivity contribution is 4.88. The van der Waals surface area contributed by atoms with Crippen LogP contribution in [0.2, 0.25) is 0 Å². The lowest BCUT2D eigenvalue weighted by molar-refractivity contribution is 0.152. The van der Waals surface area contributed by atoms with Crippen LogP contribution < -0.4 is 5.73 Å². The van der Waals surface area contributed by atoms with Crippen LogP contribution in [-0.2, 0) is 0 Å². The summed E-state index contributed by atoms with van der Waals surface area (Å²) in [5.74, 6) is 0. The summed E-state index contributed by atoms with van der Waals surface area (Å²) in [6, 6.07) is 1.71. The van der Waals surface area contributed by atoms with Crippen molar-refractivity contribution in [3.05, 3.63) is 0 Å². The lowest BCUT2D eigenvalue weighted by Gasteiger charge is -2.33. The van der Waals surface area contributed by atoms with E-state index in [9.17, 15) is 0 Å². The van der Waals surface area contributed by atoms with Crippen LogP contribution in [0.15, 0.2) is 0 Å². The zero-order chi connectivity index (χ0) is 9.14. The van der Waals surface area contributed by atoms with Crippen molar-refractivity contribution in [1.82, 2.24) is 4.90 Å². The number of rotatable bonds is 3. The molecule has 2 unspecified atom stereocenters. The van der Waals surface area contributed by atoms with Gasteiger partial charge in [0.25, 0.3) is 0 Å². The van der Waals surface area contributed by atoms with E-state index in [2.05, 4.69) is 25.7 Å². The van der Waals surface area contributed by atoms with E-state index in [0.717, 1.165) is 6.54 Å². The van der Waals surface area contributed by atoms with Gasteiger partial charge in [0, 0.05) is 18.1 Å². The summed E-state index contributed by atoms with van der Waals surface area (Å²) in [7, 11) is 0. The zero-order valence-corrected chi connectivity index (χ0v) is 8.59. The Morgan fingerprint density at radius 2 is 2.08 bits per heavy atom. The Hall–Kier alpha value is -0.0800. The molecule has 0 amide bonds. The molecule has 0 radical (unpaired) electrons. The predicted molar refractivity (Wildman–Crippen MR) is 53.1 cm³/mol. The lowest BCUT2D eigenvalue weighted by Crippen LogP contribution is -2.47. The number of nitrogens with zero attached hydrogens (tertiary/aromatic N) is 1. The van der Waals surface area contributed by atoms with E-state index in [1.165, 1.54) is 19.3 Å². The Labute approximate surface area is 76.1 Å². The monoisotopic (exact) mass is 170 g/mol. The lowest BCUT2D eigenvalue weighted by atomic mass is 10.1. The summed E-state index contributed by atoms with van der Waals surface area (Å²) < 4.78 is 0. The van der Waals surface area contributed by atoms with Crippen molar-refractivity contribution in [3.63, 3.8) is 0 Å². The highest BCUT2D eigenvalue weighted by atomic mass is 15.2. The van der Waals surface area contributed by atoms with Crippen molar-refractivity contribution in [2.24, 2.45) is 5.73 Å². The maximum absolute atomic E-state index is 6.05. The maximum Gasteiger partial charge on any atom is 0.0249 e. The molecule has 1 aliphatic rings. The molecule has 0 aromatic rings. The molecule has 2 heteroatoms. The molecule has 0 bridgehead atoms. The van der Waals surface area contributed by atoms with Crippen molar-refractivity contribution < 1.29 is 0 Å². The Balaban J connectivity index is 2.52. The van der Waals surface area contributed by atoms with Gasteiger partial charge in [0.1, 0.15) is 0 Å². The first-order chi connectivity index (χ1) is 5.66. The summed E-state index contributed by atoms with van der Waals surface area (Å²) in [5, 5.41) is 0. The molecule has 1 rings (SSSR count). The van der Waals surface area contributed by atoms with Crippen molar-refractivity contribution >= 4 is 0 Å². The van der Waals surface area contributed by atoms with Crippen molar-refractivity contribution in [2.45, 2.75) is 58.2 Å². The summed E-state index contributed by atoms with van der Waals surface area (Å²) in [4.78, 5) is 2.53. The first-order valence-corrected chi connectivity index (χ1v) is 5.18. The van der Waals surface area contributed by atoms with Gasteiger partial charge < -0.3 is 5.73 Å². The topological polar surface area (TPSA) is 29.3 Å². The Bertz CT molecular complexity index is 134. The Morgan fingerprint density at radius 1 is 1.42 bits per heavy atom. The molecule has 1 fully saturated rings. The highest BCUT2D eigenvalue weighted by Crippen LogP contribution is 2.23. The number of hydrogen-bond donors (Lipinski definition) is 1. The molecule has 0 aliphatic heterocycles. The van der Waals surface area contributed by atoms with Crippen molar-refractivity contribution in [3.8, 4) is 0 Å². The molecule has 2 N–H and O–H groups in total. The molecule has 72 valence electrons. The second-order valence-corrected chi connectivity index (χ2v) is 4.09. The molecular weight excluding hydrogens is 148 g/mol. The van der Waals surface area contributed by atoms with Crippen LogP contribution in [0.3, 0.4) is 0 Å². The average molecular weight is 170 g/mol. The highest BCUT2D eigenvalue weighted by Gasteiger charge is 2.29. The van der Waals surface area contributed by atoms with Gasteiger partial charge in [-0.05, 0) is 33.2 Å². The van der Waals surface area contributed by atoms with E-state index in [0.29, 0.717) is 18.1 Å². The third kappa shape index (κ3) is 1.99. The van der Waals surface area contributed by atoms with Gasteiger partial charge in [0.2, 0.25) is 0 Å². The first-order valence-electron chi connectivity index (χ1n) is 5.18. The molecule has 1 aliphatic carbocycles. The third-order valence-electron chi connectivity index (χ3n) is 2.99. The Kier molecular flexibility index (Phi) is 3.53. The van der Waals surface area contributed by atoms with Crippen LogP contribution in [0.4, 0.5) is 0 Å². The molecule has 2 atom stereocenters. The molecule has 1 saturated carbocycles. The standard InChI is InChI=1S/C10H22N2/c1-4-12(8(2)3)10-7-5-6-9(10)11/h8-10H,4-7,11H2,1-3H3. The predicted octanol–water partition coefficient (Wildman–Crippen LogP) is 1.60. The molecule has 2 nitrogen and oxygen atoms in total. The normalized spacial score (nSPS) is 30.5. The largest absolute Gasteiger partial charge is 0.326 e. The zero-order valence-electron chi connectivity index (χ0n) is 8.59. The fourth-order valence-electron chi connectivity index (χ4n) is 2.36. The van der Waals surface area contributed by atoms with Crippen molar-refractivity contribution in [2.75, 3.05) is 6.54 Å². The fourth-order valence-corrected chi connectivity index (χ4v) is 2.36. The van der Waals surface area contributed by atoms with Gasteiger partial charge in [-0.1, -0.05) is 13.3 Å². The Morgan fingerprint density at radius 3 is 2.42 bits per heavy atom. The van der Waals surface area contributed by atoms with Gasteiger partial charge >= 0.3 is 0 Å². The van der Waals surface area contributed by atoms with E-state index >= 15 is 0 Å². The average Bonchev–Trinajstić information content (AvgIpc) is 2.38. The van der Waals surface area contributed by atoms with Gasteiger partial charge in [0.15, 0.2) is 0 Å². The maximum atomic E-state index is 6.05. The van der Waals surface area contributed by atoms with Gasteiger partial charge in [-0.25, -0.2) is 0 Å². The summed E-state index contributed by atoms with van der Waals surface area (Å²) in [6.45, 7) is 7.88. The van der Waals surface area contributed by atoms with Crippen molar-refractivity contribution in [1.29, 1.82) is 0 Å². The second kappa shape index (κ2) is 4.24. The minimum atomic E-state index is 0.423. The minimum absolute atomic E-state index is 0.423. The number of likely N-dealkylation sites (N-methyl/N-ethyl adjacent to an activating group) is 1. The van der Waals surface area contributed by atoms with E-state index < -0.39 is 0 Å². The molecule has 0 aromatic heterocycles. The number of hydrogen-bond acceptors (Lipinski definition) is 2. The third-order valence-corrected chi connectivity index (χ3v) is 2.99. The van der Waals surface area contributed by atoms with Gasteiger partial charge in [-0.2, -0.15) is 0 Å². The molecule has 0 saturated heterocycles. The van der Waals surface area contributed by atoms with E-state index in [1.807, 2.05) is 0 Å². The second-order valence-electron chi connectivity index (χ2n) is 4.09. The van der Waals surface area contributed by atoms with Crippen LogP contribution in [-0.4, -0.2) is 29.6 Å². The van der Waals surface area contributed by atoms with Crippen LogP contribution in [0.5, 0.6) is 0 Å². The van der Waals surface area contributed by atoms with Crippen LogP contribution >= 0.6 is 0 Å². The molecule has 0 spiro atoms. The van der Waals surface area contributed by atoms with E-state index in [-0.39, 0.29) is 0 Å².